The zero-order valence-electron chi connectivity index (χ0n) is 15.2. The van der Waals surface area contributed by atoms with Crippen LogP contribution in [0.15, 0.2) is 27.9 Å². The van der Waals surface area contributed by atoms with Crippen LogP contribution in [0.25, 0.3) is 0 Å². The quantitative estimate of drug-likeness (QED) is 0.410. The molecular formula is C19H26N2O3. The van der Waals surface area contributed by atoms with Crippen LogP contribution in [0.4, 0.5) is 0 Å². The summed E-state index contributed by atoms with van der Waals surface area (Å²) in [5, 5.41) is 7.99. The molecule has 0 unspecified atom stereocenters. The molecule has 0 aliphatic rings. The van der Waals surface area contributed by atoms with E-state index in [1.807, 2.05) is 13.0 Å². The highest BCUT2D eigenvalue weighted by atomic mass is 16.6. The van der Waals surface area contributed by atoms with Crippen LogP contribution in [0, 0.1) is 20.8 Å². The molecule has 0 fully saturated rings. The highest BCUT2D eigenvalue weighted by Crippen LogP contribution is 2.26. The summed E-state index contributed by atoms with van der Waals surface area (Å²) in [6.07, 6.45) is 2.54. The normalized spacial score (nSPS) is 11.6. The fraction of sp³-hybridized carbons (Fsp3) is 0.474. The van der Waals surface area contributed by atoms with Crippen molar-refractivity contribution in [3.8, 4) is 5.75 Å². The Kier molecular flexibility index (Phi) is 6.41. The number of benzene rings is 1. The maximum absolute atomic E-state index is 5.99. The lowest BCUT2D eigenvalue weighted by atomic mass is 10.0. The molecule has 1 aromatic heterocycles. The SMILES string of the molecule is CCC(=NOC)c1cc(C)c(OCCCc2cc(C)no2)c(C)c1. The van der Waals surface area contributed by atoms with Crippen molar-refractivity contribution in [2.24, 2.45) is 5.16 Å². The van der Waals surface area contributed by atoms with Crippen LogP contribution in [0.5, 0.6) is 5.75 Å². The molecule has 0 saturated carbocycles. The Bertz CT molecular complexity index is 681. The van der Waals surface area contributed by atoms with E-state index in [0.717, 1.165) is 58.9 Å². The molecule has 5 nitrogen and oxygen atoms in total. The molecule has 0 aliphatic heterocycles. The fourth-order valence-electron chi connectivity index (χ4n) is 2.73. The van der Waals surface area contributed by atoms with Crippen LogP contribution in [0.3, 0.4) is 0 Å². The Balaban J connectivity index is 1.99. The standard InChI is InChI=1S/C19H26N2O3/c1-6-18(21-22-5)16-10-13(2)19(14(3)11-16)23-9-7-8-17-12-15(4)20-24-17/h10-12H,6-9H2,1-5H3. The summed E-state index contributed by atoms with van der Waals surface area (Å²) < 4.78 is 11.2. The Labute approximate surface area is 143 Å². The molecule has 0 amide bonds. The van der Waals surface area contributed by atoms with Gasteiger partial charge in [-0.25, -0.2) is 0 Å². The van der Waals surface area contributed by atoms with Crippen molar-refractivity contribution in [2.45, 2.75) is 47.0 Å². The molecule has 0 N–H and O–H groups in total. The van der Waals surface area contributed by atoms with E-state index in [0.29, 0.717) is 6.61 Å². The number of oxime groups is 1. The highest BCUT2D eigenvalue weighted by Gasteiger charge is 2.10. The molecule has 0 spiro atoms. The summed E-state index contributed by atoms with van der Waals surface area (Å²) in [7, 11) is 1.57. The minimum absolute atomic E-state index is 0.646. The lowest BCUT2D eigenvalue weighted by Gasteiger charge is -2.14. The molecule has 2 rings (SSSR count). The maximum Gasteiger partial charge on any atom is 0.137 e. The molecule has 0 radical (unpaired) electrons. The predicted molar refractivity (Wildman–Crippen MR) is 94.8 cm³/mol. The van der Waals surface area contributed by atoms with E-state index in [-0.39, 0.29) is 0 Å². The zero-order valence-corrected chi connectivity index (χ0v) is 15.2. The van der Waals surface area contributed by atoms with Gasteiger partial charge in [-0.2, -0.15) is 0 Å². The average Bonchev–Trinajstić information content (AvgIpc) is 2.96. The highest BCUT2D eigenvalue weighted by molar-refractivity contribution is 6.00. The van der Waals surface area contributed by atoms with Gasteiger partial charge in [0.15, 0.2) is 0 Å². The number of hydrogen-bond acceptors (Lipinski definition) is 5. The zero-order chi connectivity index (χ0) is 17.5. The summed E-state index contributed by atoms with van der Waals surface area (Å²) in [6.45, 7) is 8.76. The monoisotopic (exact) mass is 330 g/mol. The van der Waals surface area contributed by atoms with Crippen molar-refractivity contribution in [2.75, 3.05) is 13.7 Å². The van der Waals surface area contributed by atoms with Crippen LogP contribution >= 0.6 is 0 Å². The fourth-order valence-corrected chi connectivity index (χ4v) is 2.73. The van der Waals surface area contributed by atoms with Gasteiger partial charge in [-0.3, -0.25) is 0 Å². The van der Waals surface area contributed by atoms with Crippen molar-refractivity contribution in [1.29, 1.82) is 0 Å². The summed E-state index contributed by atoms with van der Waals surface area (Å²) in [5.74, 6) is 1.85. The molecule has 5 heteroatoms. The second-order valence-corrected chi connectivity index (χ2v) is 5.90. The van der Waals surface area contributed by atoms with E-state index in [9.17, 15) is 0 Å². The van der Waals surface area contributed by atoms with Crippen molar-refractivity contribution in [3.63, 3.8) is 0 Å². The van der Waals surface area contributed by atoms with E-state index >= 15 is 0 Å². The van der Waals surface area contributed by atoms with E-state index in [4.69, 9.17) is 14.1 Å². The third-order valence-corrected chi connectivity index (χ3v) is 3.82. The minimum Gasteiger partial charge on any atom is -0.493 e. The topological polar surface area (TPSA) is 56.9 Å². The number of nitrogens with zero attached hydrogens (tertiary/aromatic N) is 2. The van der Waals surface area contributed by atoms with Crippen LogP contribution in [-0.2, 0) is 11.3 Å². The van der Waals surface area contributed by atoms with Crippen LogP contribution in [0.1, 0.15) is 47.9 Å². The largest absolute Gasteiger partial charge is 0.493 e. The van der Waals surface area contributed by atoms with Gasteiger partial charge in [-0.1, -0.05) is 17.2 Å². The van der Waals surface area contributed by atoms with E-state index < -0.39 is 0 Å². The molecule has 1 heterocycles. The molecule has 130 valence electrons. The Hall–Kier alpha value is -2.30. The first-order valence-electron chi connectivity index (χ1n) is 8.31. The van der Waals surface area contributed by atoms with Crippen LogP contribution < -0.4 is 4.74 Å². The first kappa shape index (κ1) is 18.0. The lowest BCUT2D eigenvalue weighted by Crippen LogP contribution is -2.05. The van der Waals surface area contributed by atoms with Gasteiger partial charge >= 0.3 is 0 Å². The van der Waals surface area contributed by atoms with Gasteiger partial charge in [-0.05, 0) is 56.9 Å². The molecule has 0 bridgehead atoms. The van der Waals surface area contributed by atoms with Gasteiger partial charge in [0, 0.05) is 18.1 Å². The van der Waals surface area contributed by atoms with Crippen LogP contribution in [-0.4, -0.2) is 24.6 Å². The van der Waals surface area contributed by atoms with Crippen molar-refractivity contribution >= 4 is 5.71 Å². The predicted octanol–water partition coefficient (Wildman–Crippen LogP) is 4.37. The van der Waals surface area contributed by atoms with E-state index in [2.05, 4.69) is 43.2 Å². The average molecular weight is 330 g/mol. The number of hydrogen-bond donors (Lipinski definition) is 0. The maximum atomic E-state index is 5.99. The van der Waals surface area contributed by atoms with E-state index in [1.165, 1.54) is 0 Å². The molecule has 24 heavy (non-hydrogen) atoms. The molecule has 2 aromatic rings. The molecule has 0 atom stereocenters. The third kappa shape index (κ3) is 4.60. The number of aryl methyl sites for hydroxylation is 4. The lowest BCUT2D eigenvalue weighted by molar-refractivity contribution is 0.213. The van der Waals surface area contributed by atoms with Gasteiger partial charge in [0.1, 0.15) is 18.6 Å². The Morgan fingerprint density at radius 2 is 1.88 bits per heavy atom. The third-order valence-electron chi connectivity index (χ3n) is 3.82. The molecule has 0 aliphatic carbocycles. The van der Waals surface area contributed by atoms with Gasteiger partial charge in [0.2, 0.25) is 0 Å². The van der Waals surface area contributed by atoms with Crippen LogP contribution in [0.2, 0.25) is 0 Å². The second-order valence-electron chi connectivity index (χ2n) is 5.90. The Morgan fingerprint density at radius 1 is 1.17 bits per heavy atom. The number of ether oxygens (including phenoxy) is 1. The van der Waals surface area contributed by atoms with E-state index in [1.54, 1.807) is 7.11 Å². The van der Waals surface area contributed by atoms with Gasteiger partial charge in [-0.15, -0.1) is 0 Å². The van der Waals surface area contributed by atoms with Gasteiger partial charge in [0.05, 0.1) is 18.0 Å². The van der Waals surface area contributed by atoms with Crippen molar-refractivity contribution in [1.82, 2.24) is 5.16 Å². The Morgan fingerprint density at radius 3 is 2.42 bits per heavy atom. The van der Waals surface area contributed by atoms with Gasteiger partial charge in [0.25, 0.3) is 0 Å². The summed E-state index contributed by atoms with van der Waals surface area (Å²) in [6, 6.07) is 6.17. The minimum atomic E-state index is 0.646. The van der Waals surface area contributed by atoms with Crippen molar-refractivity contribution < 1.29 is 14.1 Å². The number of rotatable bonds is 8. The summed E-state index contributed by atoms with van der Waals surface area (Å²) in [5.41, 5.74) is 5.16. The smallest absolute Gasteiger partial charge is 0.137 e. The molecular weight excluding hydrogens is 304 g/mol. The molecule has 0 saturated heterocycles. The first-order valence-corrected chi connectivity index (χ1v) is 8.31. The first-order chi connectivity index (χ1) is 11.5. The summed E-state index contributed by atoms with van der Waals surface area (Å²) in [4.78, 5) is 4.93. The van der Waals surface area contributed by atoms with Gasteiger partial charge < -0.3 is 14.1 Å². The summed E-state index contributed by atoms with van der Waals surface area (Å²) >= 11 is 0. The second kappa shape index (κ2) is 8.52. The van der Waals surface area contributed by atoms with Crippen molar-refractivity contribution in [3.05, 3.63) is 46.3 Å². The number of aromatic nitrogens is 1. The molecule has 1 aromatic carbocycles.